The fourth-order valence-electron chi connectivity index (χ4n) is 3.40. The first kappa shape index (κ1) is 21.9. The van der Waals surface area contributed by atoms with Gasteiger partial charge in [0.05, 0.1) is 15.6 Å². The number of aromatic nitrogens is 2. The Bertz CT molecular complexity index is 1400. The molecular weight excluding hydrogens is 446 g/mol. The van der Waals surface area contributed by atoms with Crippen LogP contribution < -0.4 is 0 Å². The van der Waals surface area contributed by atoms with Crippen LogP contribution in [0.1, 0.15) is 18.7 Å². The molecule has 1 heterocycles. The fraction of sp³-hybridized carbons (Fsp3) is 0.125. The second kappa shape index (κ2) is 8.68. The molecule has 0 radical (unpaired) electrons. The molecule has 0 aliphatic heterocycles. The van der Waals surface area contributed by atoms with Gasteiger partial charge in [0.2, 0.25) is 0 Å². The molecule has 1 atom stereocenters. The zero-order valence-electron chi connectivity index (χ0n) is 17.4. The Morgan fingerprint density at radius 2 is 1.69 bits per heavy atom. The van der Waals surface area contributed by atoms with Crippen LogP contribution in [0.4, 0.5) is 0 Å². The normalized spacial score (nSPS) is 12.5. The first-order valence-corrected chi connectivity index (χ1v) is 12.1. The number of benzene rings is 3. The summed E-state index contributed by atoms with van der Waals surface area (Å²) in [6.45, 7) is 1.69. The summed E-state index contributed by atoms with van der Waals surface area (Å²) in [6, 6.07) is 21.2. The number of hydrogen-bond acceptors (Lipinski definition) is 5. The van der Waals surface area contributed by atoms with E-state index in [0.717, 1.165) is 22.4 Å². The van der Waals surface area contributed by atoms with Crippen molar-refractivity contribution >= 4 is 21.4 Å². The van der Waals surface area contributed by atoms with E-state index in [4.69, 9.17) is 11.6 Å². The van der Waals surface area contributed by atoms with Gasteiger partial charge in [-0.05, 0) is 54.4 Å². The average Bonchev–Trinajstić information content (AvgIpc) is 3.24. The summed E-state index contributed by atoms with van der Waals surface area (Å²) in [5.74, 6) is 0.605. The predicted octanol–water partition coefficient (Wildman–Crippen LogP) is 6.09. The molecule has 0 aliphatic rings. The summed E-state index contributed by atoms with van der Waals surface area (Å²) in [4.78, 5) is 16.0. The summed E-state index contributed by atoms with van der Waals surface area (Å²) in [6.07, 6.45) is 2.97. The van der Waals surface area contributed by atoms with Crippen molar-refractivity contribution < 1.29 is 8.42 Å². The maximum absolute atomic E-state index is 11.9. The lowest BCUT2D eigenvalue weighted by atomic mass is 10.1. The summed E-state index contributed by atoms with van der Waals surface area (Å²) < 4.78 is 25.6. The molecule has 0 saturated carbocycles. The molecule has 4 rings (SSSR count). The summed E-state index contributed by atoms with van der Waals surface area (Å²) in [7, 11) is -3.29. The van der Waals surface area contributed by atoms with Crippen LogP contribution >= 0.6 is 11.6 Å². The van der Waals surface area contributed by atoms with Crippen LogP contribution in [0.5, 0.6) is 0 Å². The van der Waals surface area contributed by atoms with Crippen molar-refractivity contribution in [3.8, 4) is 28.2 Å². The van der Waals surface area contributed by atoms with Crippen LogP contribution in [-0.2, 0) is 9.84 Å². The van der Waals surface area contributed by atoms with Crippen molar-refractivity contribution in [2.45, 2.75) is 17.9 Å². The number of halogens is 1. The van der Waals surface area contributed by atoms with Crippen LogP contribution in [-0.4, -0.2) is 24.2 Å². The van der Waals surface area contributed by atoms with Crippen LogP contribution in [0.25, 0.3) is 28.2 Å². The number of imidazole rings is 1. The molecule has 1 aromatic heterocycles. The van der Waals surface area contributed by atoms with Gasteiger partial charge < -0.3 is 0 Å². The van der Waals surface area contributed by atoms with Gasteiger partial charge >= 0.3 is 0 Å². The fourth-order valence-corrected chi connectivity index (χ4v) is 4.29. The minimum Gasteiger partial charge on any atom is -0.299 e. The molecule has 0 amide bonds. The van der Waals surface area contributed by atoms with Crippen molar-refractivity contribution in [3.63, 3.8) is 0 Å². The van der Waals surface area contributed by atoms with Crippen molar-refractivity contribution in [1.82, 2.24) is 9.55 Å². The van der Waals surface area contributed by atoms with Gasteiger partial charge in [0.1, 0.15) is 11.9 Å². The highest BCUT2D eigenvalue weighted by Crippen LogP contribution is 2.32. The van der Waals surface area contributed by atoms with E-state index in [1.807, 2.05) is 53.1 Å². The summed E-state index contributed by atoms with van der Waals surface area (Å²) in [5, 5.41) is 3.64. The van der Waals surface area contributed by atoms with Crippen molar-refractivity contribution in [3.05, 3.63) is 94.6 Å². The third-order valence-corrected chi connectivity index (χ3v) is 6.61. The Morgan fingerprint density at radius 3 is 2.34 bits per heavy atom. The molecule has 4 aromatic rings. The lowest BCUT2D eigenvalue weighted by molar-refractivity contribution is 0.602. The van der Waals surface area contributed by atoms with E-state index < -0.39 is 15.9 Å². The minimum absolute atomic E-state index is 0.273. The van der Waals surface area contributed by atoms with Gasteiger partial charge in [-0.15, -0.1) is 0 Å². The lowest BCUT2D eigenvalue weighted by Crippen LogP contribution is -1.98. The average molecular weight is 466 g/mol. The molecule has 0 N–H and O–H groups in total. The Kier molecular flexibility index (Phi) is 5.95. The molecule has 0 bridgehead atoms. The topological polar surface area (TPSA) is 81.4 Å². The predicted molar refractivity (Wildman–Crippen MR) is 127 cm³/mol. The van der Waals surface area contributed by atoms with Crippen molar-refractivity contribution in [2.75, 3.05) is 6.26 Å². The monoisotopic (exact) mass is 465 g/mol. The second-order valence-corrected chi connectivity index (χ2v) is 9.89. The lowest BCUT2D eigenvalue weighted by Gasteiger charge is -2.10. The second-order valence-electron chi connectivity index (χ2n) is 7.47. The van der Waals surface area contributed by atoms with E-state index in [1.165, 1.54) is 6.26 Å². The van der Waals surface area contributed by atoms with E-state index in [1.54, 1.807) is 37.4 Å². The molecular formula is C24H20ClN3O3S. The number of nitroso groups, excluding NO2 is 1. The van der Waals surface area contributed by atoms with Gasteiger partial charge in [-0.3, -0.25) is 4.57 Å². The maximum Gasteiger partial charge on any atom is 0.175 e. The molecule has 3 aromatic carbocycles. The van der Waals surface area contributed by atoms with E-state index in [9.17, 15) is 13.3 Å². The van der Waals surface area contributed by atoms with Crippen LogP contribution in [0.3, 0.4) is 0 Å². The highest BCUT2D eigenvalue weighted by atomic mass is 35.5. The van der Waals surface area contributed by atoms with Gasteiger partial charge in [-0.1, -0.05) is 53.2 Å². The highest BCUT2D eigenvalue weighted by Gasteiger charge is 2.18. The zero-order valence-corrected chi connectivity index (χ0v) is 19.0. The van der Waals surface area contributed by atoms with Gasteiger partial charge in [-0.25, -0.2) is 13.4 Å². The van der Waals surface area contributed by atoms with E-state index in [-0.39, 0.29) is 4.90 Å². The van der Waals surface area contributed by atoms with Gasteiger partial charge in [0, 0.05) is 23.7 Å². The van der Waals surface area contributed by atoms with Crippen LogP contribution in [0, 0.1) is 4.91 Å². The molecule has 32 heavy (non-hydrogen) atoms. The maximum atomic E-state index is 11.9. The molecule has 6 nitrogen and oxygen atoms in total. The summed E-state index contributed by atoms with van der Waals surface area (Å²) in [5.41, 5.74) is 3.78. The third-order valence-electron chi connectivity index (χ3n) is 5.17. The Labute approximate surface area is 191 Å². The standard InChI is InChI=1S/C24H20ClN3O3S/c1-16(27-29)23-15-28(24(26-23)21-8-3-4-9-22(21)25)19-12-10-17(11-13-19)18-6-5-7-20(14-18)32(2,30)31/h3-16H,1-2H3. The third kappa shape index (κ3) is 4.35. The smallest absolute Gasteiger partial charge is 0.175 e. The number of rotatable bonds is 6. The molecule has 0 fully saturated rings. The Balaban J connectivity index is 1.79. The Morgan fingerprint density at radius 1 is 0.969 bits per heavy atom. The first-order valence-electron chi connectivity index (χ1n) is 9.85. The summed E-state index contributed by atoms with van der Waals surface area (Å²) >= 11 is 6.41. The van der Waals surface area contributed by atoms with Crippen molar-refractivity contribution in [2.24, 2.45) is 5.18 Å². The Hall–Kier alpha value is -3.29. The molecule has 0 saturated heterocycles. The van der Waals surface area contributed by atoms with Crippen molar-refractivity contribution in [1.29, 1.82) is 0 Å². The van der Waals surface area contributed by atoms with Gasteiger partial charge in [0.15, 0.2) is 9.84 Å². The molecule has 0 spiro atoms. The number of hydrogen-bond donors (Lipinski definition) is 0. The first-order chi connectivity index (χ1) is 15.3. The molecule has 8 heteroatoms. The molecule has 162 valence electrons. The number of nitrogens with zero attached hydrogens (tertiary/aromatic N) is 3. The van der Waals surface area contributed by atoms with E-state index in [2.05, 4.69) is 10.2 Å². The SMILES string of the molecule is CC(N=O)c1cn(-c2ccc(-c3cccc(S(C)(=O)=O)c3)cc2)c(-c2ccccc2Cl)n1. The van der Waals surface area contributed by atoms with Gasteiger partial charge in [0.25, 0.3) is 0 Å². The van der Waals surface area contributed by atoms with Gasteiger partial charge in [-0.2, -0.15) is 4.91 Å². The minimum atomic E-state index is -3.29. The van der Waals surface area contributed by atoms with E-state index >= 15 is 0 Å². The largest absolute Gasteiger partial charge is 0.299 e. The van der Waals surface area contributed by atoms with Crippen LogP contribution in [0.15, 0.2) is 89.1 Å². The highest BCUT2D eigenvalue weighted by molar-refractivity contribution is 7.90. The van der Waals surface area contributed by atoms with E-state index in [0.29, 0.717) is 16.5 Å². The van der Waals surface area contributed by atoms with Crippen LogP contribution in [0.2, 0.25) is 5.02 Å². The zero-order chi connectivity index (χ0) is 22.9. The number of sulfone groups is 1. The molecule has 1 unspecified atom stereocenters. The quantitative estimate of drug-likeness (QED) is 0.322. The molecule has 0 aliphatic carbocycles.